The topological polar surface area (TPSA) is 146 Å². The molecule has 0 spiro atoms. The molecule has 1 aliphatic heterocycles. The molecule has 4 unspecified atom stereocenters. The van der Waals surface area contributed by atoms with Gasteiger partial charge in [0.2, 0.25) is 0 Å². The lowest BCUT2D eigenvalue weighted by molar-refractivity contribution is -0.139. The highest BCUT2D eigenvalue weighted by molar-refractivity contribution is 8.05. The maximum atomic E-state index is 12.2. The van der Waals surface area contributed by atoms with Gasteiger partial charge in [-0.1, -0.05) is 0 Å². The summed E-state index contributed by atoms with van der Waals surface area (Å²) in [5.41, 5.74) is -1.67. The van der Waals surface area contributed by atoms with Gasteiger partial charge >= 0.3 is 17.7 Å². The van der Waals surface area contributed by atoms with E-state index in [2.05, 4.69) is 9.72 Å². The molecule has 11 nitrogen and oxygen atoms in total. The van der Waals surface area contributed by atoms with E-state index >= 15 is 0 Å². The monoisotopic (exact) mass is 446 g/mol. The molecule has 4 atom stereocenters. The van der Waals surface area contributed by atoms with Crippen molar-refractivity contribution in [3.05, 3.63) is 32.6 Å². The lowest BCUT2D eigenvalue weighted by atomic mass is 10.1. The molecule has 1 aromatic rings. The van der Waals surface area contributed by atoms with Gasteiger partial charge < -0.3 is 23.8 Å². The predicted molar refractivity (Wildman–Crippen MR) is 93.0 cm³/mol. The summed E-state index contributed by atoms with van der Waals surface area (Å²) >= 11 is 10.6. The lowest BCUT2D eigenvalue weighted by Crippen LogP contribution is -2.40. The Labute approximate surface area is 162 Å². The Morgan fingerprint density at radius 2 is 2.07 bits per heavy atom. The van der Waals surface area contributed by atoms with Crippen LogP contribution in [0.5, 0.6) is 0 Å². The molecule has 1 saturated heterocycles. The second-order valence-corrected chi connectivity index (χ2v) is 9.82. The zero-order valence-electron chi connectivity index (χ0n) is 14.2. The second kappa shape index (κ2) is 8.87. The van der Waals surface area contributed by atoms with Gasteiger partial charge in [0.05, 0.1) is 20.1 Å². The zero-order chi connectivity index (χ0) is 20.4. The van der Waals surface area contributed by atoms with Crippen molar-refractivity contribution in [3.63, 3.8) is 0 Å². The third-order valence-corrected chi connectivity index (χ3v) is 4.89. The molecular weight excluding hydrogens is 430 g/mol. The molecule has 2 heterocycles. The highest BCUT2D eigenvalue weighted by atomic mass is 35.9. The minimum atomic E-state index is -3.86. The molecule has 1 aliphatic rings. The molecule has 0 aromatic carbocycles. The Morgan fingerprint density at radius 3 is 2.63 bits per heavy atom. The van der Waals surface area contributed by atoms with Crippen LogP contribution < -0.4 is 11.2 Å². The maximum Gasteiger partial charge on any atom is 0.380 e. The van der Waals surface area contributed by atoms with Crippen LogP contribution in [0.1, 0.15) is 11.8 Å². The first kappa shape index (κ1) is 22.1. The quantitative estimate of drug-likeness (QED) is 0.440. The van der Waals surface area contributed by atoms with E-state index in [-0.39, 0.29) is 12.0 Å². The van der Waals surface area contributed by atoms with Crippen molar-refractivity contribution in [1.29, 1.82) is 0 Å². The average Bonchev–Trinajstić information content (AvgIpc) is 2.90. The van der Waals surface area contributed by atoms with E-state index in [1.54, 1.807) is 0 Å². The summed E-state index contributed by atoms with van der Waals surface area (Å²) in [6.07, 6.45) is -7.72. The summed E-state index contributed by atoms with van der Waals surface area (Å²) in [6.45, 7) is -0.436. The van der Waals surface area contributed by atoms with Crippen LogP contribution in [0.4, 0.5) is 0 Å². The number of rotatable bonds is 7. The Morgan fingerprint density at radius 1 is 1.41 bits per heavy atom. The molecule has 0 radical (unpaired) electrons. The summed E-state index contributed by atoms with van der Waals surface area (Å²) in [5, 5.41) is 10.3. The fourth-order valence-electron chi connectivity index (χ4n) is 2.56. The number of aromatic amines is 1. The fourth-order valence-corrected chi connectivity index (χ4v) is 3.22. The highest BCUT2D eigenvalue weighted by Gasteiger charge is 2.46. The van der Waals surface area contributed by atoms with E-state index in [0.717, 1.165) is 17.9 Å². The minimum absolute atomic E-state index is 0.0555. The van der Waals surface area contributed by atoms with E-state index < -0.39 is 54.4 Å². The summed E-state index contributed by atoms with van der Waals surface area (Å²) in [4.78, 5) is 37.5. The van der Waals surface area contributed by atoms with Crippen LogP contribution >= 0.6 is 28.6 Å². The number of hydrogen-bond acceptors (Lipinski definition) is 9. The molecular formula is C13H17Cl2N2O9P. The van der Waals surface area contributed by atoms with Gasteiger partial charge in [0, 0.05) is 18.9 Å². The molecule has 1 fully saturated rings. The lowest BCUT2D eigenvalue weighted by Gasteiger charge is -2.20. The van der Waals surface area contributed by atoms with E-state index in [0.29, 0.717) is 0 Å². The molecule has 2 rings (SSSR count). The van der Waals surface area contributed by atoms with E-state index in [1.165, 1.54) is 7.11 Å². The summed E-state index contributed by atoms with van der Waals surface area (Å²) < 4.78 is 32.2. The van der Waals surface area contributed by atoms with Gasteiger partial charge in [-0.2, -0.15) is 0 Å². The van der Waals surface area contributed by atoms with Gasteiger partial charge in [-0.3, -0.25) is 23.7 Å². The van der Waals surface area contributed by atoms with Crippen LogP contribution in [0.15, 0.2) is 15.8 Å². The van der Waals surface area contributed by atoms with Crippen molar-refractivity contribution < 1.29 is 33.2 Å². The SMILES string of the molecule is COC(=O)Cc1cn(C2OC(COP(=O)(Cl)Cl)C(O)C2OC)c(=O)[nH]c1=O. The molecule has 27 heavy (non-hydrogen) atoms. The molecule has 152 valence electrons. The standard InChI is InChI=1S/C13H17Cl2N2O9P/c1-23-8(18)3-6-4-17(13(21)16-11(6)20)12-10(24-2)9(19)7(26-12)5-25-27(14,15)22/h4,7,9-10,12,19H,3,5H2,1-2H3,(H,16,20,21). The number of aliphatic hydroxyl groups excluding tert-OH is 1. The fraction of sp³-hybridized carbons (Fsp3) is 0.615. The Hall–Kier alpha value is -1.20. The van der Waals surface area contributed by atoms with Crippen molar-refractivity contribution in [2.24, 2.45) is 0 Å². The van der Waals surface area contributed by atoms with Crippen molar-refractivity contribution in [2.45, 2.75) is 31.0 Å². The minimum Gasteiger partial charge on any atom is -0.469 e. The van der Waals surface area contributed by atoms with Crippen LogP contribution in [-0.2, 0) is 34.5 Å². The third-order valence-electron chi connectivity index (χ3n) is 3.85. The number of hydrogen-bond donors (Lipinski definition) is 2. The van der Waals surface area contributed by atoms with Crippen LogP contribution in [0.2, 0.25) is 0 Å². The number of esters is 1. The average molecular weight is 447 g/mol. The van der Waals surface area contributed by atoms with E-state index in [9.17, 15) is 24.1 Å². The summed E-state index contributed by atoms with van der Waals surface area (Å²) in [7, 11) is 2.43. The molecule has 2 N–H and O–H groups in total. The smallest absolute Gasteiger partial charge is 0.380 e. The Bertz CT molecular complexity index is 851. The number of halogens is 2. The predicted octanol–water partition coefficient (Wildman–Crippen LogP) is 0.128. The van der Waals surface area contributed by atoms with Crippen molar-refractivity contribution >= 4 is 34.5 Å². The maximum absolute atomic E-state index is 12.2. The number of carbonyl (C=O) groups is 1. The number of aromatic nitrogens is 2. The Balaban J connectivity index is 2.33. The molecule has 0 aliphatic carbocycles. The van der Waals surface area contributed by atoms with Gasteiger partial charge in [-0.05, 0) is 22.5 Å². The van der Waals surface area contributed by atoms with Gasteiger partial charge in [0.15, 0.2) is 6.23 Å². The van der Waals surface area contributed by atoms with Gasteiger partial charge in [0.25, 0.3) is 5.56 Å². The van der Waals surface area contributed by atoms with Gasteiger partial charge in [0.1, 0.15) is 18.3 Å². The van der Waals surface area contributed by atoms with E-state index in [4.69, 9.17) is 36.5 Å². The number of ether oxygens (including phenoxy) is 3. The molecule has 0 saturated carbocycles. The number of aliphatic hydroxyl groups is 1. The van der Waals surface area contributed by atoms with Crippen LogP contribution in [-0.4, -0.2) is 59.8 Å². The van der Waals surface area contributed by atoms with Gasteiger partial charge in [-0.15, -0.1) is 0 Å². The Kier molecular flexibility index (Phi) is 7.26. The number of nitrogens with one attached hydrogen (secondary N) is 1. The summed E-state index contributed by atoms with van der Waals surface area (Å²) in [5.74, 6) is -0.687. The first-order valence-electron chi connectivity index (χ1n) is 7.48. The molecule has 0 amide bonds. The largest absolute Gasteiger partial charge is 0.469 e. The normalized spacial score (nSPS) is 25.5. The van der Waals surface area contributed by atoms with Crippen molar-refractivity contribution in [1.82, 2.24) is 9.55 Å². The van der Waals surface area contributed by atoms with E-state index in [1.807, 2.05) is 0 Å². The molecule has 0 bridgehead atoms. The van der Waals surface area contributed by atoms with Crippen molar-refractivity contribution in [2.75, 3.05) is 20.8 Å². The van der Waals surface area contributed by atoms with Crippen LogP contribution in [0.3, 0.4) is 0 Å². The second-order valence-electron chi connectivity index (χ2n) is 5.54. The number of H-pyrrole nitrogens is 1. The third kappa shape index (κ3) is 5.41. The molecule has 1 aromatic heterocycles. The zero-order valence-corrected chi connectivity index (χ0v) is 16.6. The number of carbonyl (C=O) groups excluding carboxylic acids is 1. The molecule has 14 heteroatoms. The highest BCUT2D eigenvalue weighted by Crippen LogP contribution is 2.57. The van der Waals surface area contributed by atoms with Gasteiger partial charge in [-0.25, -0.2) is 4.79 Å². The number of methoxy groups -OCH3 is 2. The number of nitrogens with zero attached hydrogens (tertiary/aromatic N) is 1. The van der Waals surface area contributed by atoms with Crippen LogP contribution in [0.25, 0.3) is 0 Å². The summed E-state index contributed by atoms with van der Waals surface area (Å²) in [6, 6.07) is 0. The van der Waals surface area contributed by atoms with Crippen molar-refractivity contribution in [3.8, 4) is 0 Å². The van der Waals surface area contributed by atoms with Crippen LogP contribution in [0, 0.1) is 0 Å². The first-order chi connectivity index (χ1) is 12.6. The first-order valence-corrected chi connectivity index (χ1v) is 10.9.